The minimum absolute atomic E-state index is 0.0466. The van der Waals surface area contributed by atoms with Gasteiger partial charge in [0.2, 0.25) is 0 Å². The van der Waals surface area contributed by atoms with Crippen molar-refractivity contribution < 1.29 is 9.72 Å². The van der Waals surface area contributed by atoms with E-state index in [1.807, 2.05) is 18.2 Å². The van der Waals surface area contributed by atoms with Crippen molar-refractivity contribution in [3.05, 3.63) is 76.7 Å². The highest BCUT2D eigenvalue weighted by molar-refractivity contribution is 6.00. The molecule has 29 heavy (non-hydrogen) atoms. The highest BCUT2D eigenvalue weighted by Crippen LogP contribution is 2.27. The summed E-state index contributed by atoms with van der Waals surface area (Å²) in [4.78, 5) is 34.2. The van der Waals surface area contributed by atoms with E-state index in [0.717, 1.165) is 16.6 Å². The molecule has 0 fully saturated rings. The van der Waals surface area contributed by atoms with Crippen LogP contribution in [-0.2, 0) is 0 Å². The Labute approximate surface area is 165 Å². The number of imidazole rings is 1. The molecule has 3 N–H and O–H groups in total. The predicted octanol–water partition coefficient (Wildman–Crippen LogP) is 4.49. The molecule has 144 valence electrons. The number of benzene rings is 2. The number of aryl methyl sites for hydroxylation is 1. The summed E-state index contributed by atoms with van der Waals surface area (Å²) in [7, 11) is 0. The lowest BCUT2D eigenvalue weighted by atomic mass is 10.1. The van der Waals surface area contributed by atoms with Gasteiger partial charge in [0.1, 0.15) is 0 Å². The number of aromatic amines is 1. The third-order valence-electron chi connectivity index (χ3n) is 4.44. The van der Waals surface area contributed by atoms with E-state index in [4.69, 9.17) is 0 Å². The standard InChI is InChI=1S/C20H16N6O3/c1-12-2-5-15(10-17(12)26(28)29)25-20(27)24-14-6-3-13(4-7-14)16-8-9-21-19-18(16)22-11-23-19/h2-11H,1H3,(H,21,22,23)(H2,24,25,27). The van der Waals surface area contributed by atoms with Crippen LogP contribution in [0.3, 0.4) is 0 Å². The summed E-state index contributed by atoms with van der Waals surface area (Å²) < 4.78 is 0. The van der Waals surface area contributed by atoms with Gasteiger partial charge in [0.25, 0.3) is 5.69 Å². The number of hydrogen-bond donors (Lipinski definition) is 3. The summed E-state index contributed by atoms with van der Waals surface area (Å²) in [6.07, 6.45) is 3.29. The Morgan fingerprint density at radius 2 is 1.76 bits per heavy atom. The van der Waals surface area contributed by atoms with E-state index in [9.17, 15) is 14.9 Å². The molecule has 0 saturated carbocycles. The minimum Gasteiger partial charge on any atom is -0.343 e. The number of nitrogens with zero attached hydrogens (tertiary/aromatic N) is 3. The van der Waals surface area contributed by atoms with Crippen molar-refractivity contribution in [2.24, 2.45) is 0 Å². The zero-order valence-corrected chi connectivity index (χ0v) is 15.3. The molecule has 2 amide bonds. The highest BCUT2D eigenvalue weighted by Gasteiger charge is 2.12. The third kappa shape index (κ3) is 3.74. The zero-order chi connectivity index (χ0) is 20.4. The molecule has 2 aromatic heterocycles. The van der Waals surface area contributed by atoms with Crippen LogP contribution in [0.4, 0.5) is 21.9 Å². The molecule has 0 saturated heterocycles. The maximum absolute atomic E-state index is 12.2. The summed E-state index contributed by atoms with van der Waals surface area (Å²) in [6.45, 7) is 1.64. The Morgan fingerprint density at radius 3 is 2.52 bits per heavy atom. The van der Waals surface area contributed by atoms with E-state index in [-0.39, 0.29) is 5.69 Å². The van der Waals surface area contributed by atoms with Crippen molar-refractivity contribution in [3.63, 3.8) is 0 Å². The van der Waals surface area contributed by atoms with Crippen LogP contribution in [0.25, 0.3) is 22.3 Å². The Kier molecular flexibility index (Phi) is 4.62. The number of carbonyl (C=O) groups is 1. The molecule has 0 atom stereocenters. The van der Waals surface area contributed by atoms with E-state index >= 15 is 0 Å². The largest absolute Gasteiger partial charge is 0.343 e. The maximum Gasteiger partial charge on any atom is 0.323 e. The van der Waals surface area contributed by atoms with Crippen LogP contribution in [0.15, 0.2) is 61.1 Å². The van der Waals surface area contributed by atoms with Crippen molar-refractivity contribution in [1.29, 1.82) is 0 Å². The van der Waals surface area contributed by atoms with Crippen LogP contribution >= 0.6 is 0 Å². The topological polar surface area (TPSA) is 126 Å². The number of carbonyl (C=O) groups excluding carboxylic acids is 1. The van der Waals surface area contributed by atoms with E-state index < -0.39 is 11.0 Å². The summed E-state index contributed by atoms with van der Waals surface area (Å²) in [5.74, 6) is 0. The number of urea groups is 1. The summed E-state index contributed by atoms with van der Waals surface area (Å²) >= 11 is 0. The summed E-state index contributed by atoms with van der Waals surface area (Å²) in [6, 6.07) is 13.2. The number of H-pyrrole nitrogens is 1. The molecule has 0 radical (unpaired) electrons. The number of nitrogens with one attached hydrogen (secondary N) is 3. The van der Waals surface area contributed by atoms with Gasteiger partial charge in [-0.25, -0.2) is 14.8 Å². The van der Waals surface area contributed by atoms with Crippen LogP contribution in [0.1, 0.15) is 5.56 Å². The lowest BCUT2D eigenvalue weighted by molar-refractivity contribution is -0.385. The molecule has 9 heteroatoms. The normalized spacial score (nSPS) is 10.7. The predicted molar refractivity (Wildman–Crippen MR) is 110 cm³/mol. The Balaban J connectivity index is 1.48. The first-order chi connectivity index (χ1) is 14.0. The zero-order valence-electron chi connectivity index (χ0n) is 15.3. The van der Waals surface area contributed by atoms with Crippen LogP contribution < -0.4 is 10.6 Å². The number of pyridine rings is 1. The summed E-state index contributed by atoms with van der Waals surface area (Å²) in [5, 5.41) is 16.3. The maximum atomic E-state index is 12.2. The lowest BCUT2D eigenvalue weighted by Crippen LogP contribution is -2.19. The molecule has 0 unspecified atom stereocenters. The Hall–Kier alpha value is -4.27. The molecule has 0 aliphatic rings. The van der Waals surface area contributed by atoms with Gasteiger partial charge in [-0.1, -0.05) is 18.2 Å². The number of nitro groups is 1. The fourth-order valence-corrected chi connectivity index (χ4v) is 3.00. The van der Waals surface area contributed by atoms with Crippen LogP contribution in [0.2, 0.25) is 0 Å². The van der Waals surface area contributed by atoms with Gasteiger partial charge in [-0.15, -0.1) is 0 Å². The molecule has 4 rings (SSSR count). The summed E-state index contributed by atoms with van der Waals surface area (Å²) in [5.41, 5.74) is 4.78. The number of anilines is 2. The SMILES string of the molecule is Cc1ccc(NC(=O)Nc2ccc(-c3ccnc4nc[nH]c34)cc2)cc1[N+](=O)[O-]. The third-order valence-corrected chi connectivity index (χ3v) is 4.44. The number of rotatable bonds is 4. The van der Waals surface area contributed by atoms with E-state index in [0.29, 0.717) is 22.6 Å². The molecular formula is C20H16N6O3. The van der Waals surface area contributed by atoms with E-state index in [1.165, 1.54) is 6.07 Å². The molecule has 0 aliphatic heterocycles. The second-order valence-electron chi connectivity index (χ2n) is 6.37. The van der Waals surface area contributed by atoms with Crippen molar-refractivity contribution in [2.45, 2.75) is 6.92 Å². The number of aromatic nitrogens is 3. The Morgan fingerprint density at radius 1 is 1.03 bits per heavy atom. The van der Waals surface area contributed by atoms with Gasteiger partial charge in [-0.2, -0.15) is 0 Å². The first-order valence-corrected chi connectivity index (χ1v) is 8.73. The van der Waals surface area contributed by atoms with Crippen molar-refractivity contribution in [2.75, 3.05) is 10.6 Å². The van der Waals surface area contributed by atoms with Gasteiger partial charge in [-0.3, -0.25) is 10.1 Å². The smallest absolute Gasteiger partial charge is 0.323 e. The van der Waals surface area contributed by atoms with E-state index in [1.54, 1.807) is 43.7 Å². The van der Waals surface area contributed by atoms with Gasteiger partial charge in [0.15, 0.2) is 5.65 Å². The monoisotopic (exact) mass is 388 g/mol. The highest BCUT2D eigenvalue weighted by atomic mass is 16.6. The lowest BCUT2D eigenvalue weighted by Gasteiger charge is -2.09. The Bertz CT molecular complexity index is 1220. The van der Waals surface area contributed by atoms with Gasteiger partial charge >= 0.3 is 6.03 Å². The molecule has 0 aliphatic carbocycles. The number of fused-ring (bicyclic) bond motifs is 1. The van der Waals surface area contributed by atoms with Gasteiger partial charge in [-0.05, 0) is 36.8 Å². The first kappa shape index (κ1) is 18.1. The van der Waals surface area contributed by atoms with Crippen LogP contribution in [0.5, 0.6) is 0 Å². The fraction of sp³-hybridized carbons (Fsp3) is 0.0500. The molecule has 2 aromatic carbocycles. The van der Waals surface area contributed by atoms with Gasteiger partial charge < -0.3 is 15.6 Å². The van der Waals surface area contributed by atoms with Crippen molar-refractivity contribution in [1.82, 2.24) is 15.0 Å². The molecule has 0 bridgehead atoms. The van der Waals surface area contributed by atoms with E-state index in [2.05, 4.69) is 25.6 Å². The number of nitro benzene ring substituents is 1. The molecule has 0 spiro atoms. The molecule has 4 aromatic rings. The quantitative estimate of drug-likeness (QED) is 0.351. The van der Waals surface area contributed by atoms with Crippen LogP contribution in [-0.4, -0.2) is 25.9 Å². The first-order valence-electron chi connectivity index (χ1n) is 8.73. The number of hydrogen-bond acceptors (Lipinski definition) is 5. The van der Waals surface area contributed by atoms with Crippen LogP contribution in [0, 0.1) is 17.0 Å². The second kappa shape index (κ2) is 7.39. The van der Waals surface area contributed by atoms with Crippen molar-refractivity contribution >= 4 is 34.3 Å². The molecule has 9 nitrogen and oxygen atoms in total. The van der Waals surface area contributed by atoms with Gasteiger partial charge in [0.05, 0.1) is 16.8 Å². The molecular weight excluding hydrogens is 372 g/mol. The number of amides is 2. The average molecular weight is 388 g/mol. The van der Waals surface area contributed by atoms with Gasteiger partial charge in [0, 0.05) is 34.8 Å². The second-order valence-corrected chi connectivity index (χ2v) is 6.37. The average Bonchev–Trinajstić information content (AvgIpc) is 3.19. The molecule has 2 heterocycles. The fourth-order valence-electron chi connectivity index (χ4n) is 3.00. The minimum atomic E-state index is -0.490. The van der Waals surface area contributed by atoms with Crippen molar-refractivity contribution in [3.8, 4) is 11.1 Å².